The molecule has 1 aliphatic carbocycles. The Morgan fingerprint density at radius 2 is 1.73 bits per heavy atom. The minimum atomic E-state index is -4.73. The number of benzene rings is 1. The van der Waals surface area contributed by atoms with Crippen molar-refractivity contribution >= 4 is 33.4 Å². The summed E-state index contributed by atoms with van der Waals surface area (Å²) in [4.78, 5) is 48.2. The molecule has 270 valence electrons. The molecule has 0 bridgehead atoms. The number of carbonyl (C=O) groups excluding carboxylic acids is 2. The highest BCUT2D eigenvalue weighted by molar-refractivity contribution is 7.87. The van der Waals surface area contributed by atoms with Gasteiger partial charge >= 0.3 is 10.2 Å². The SMILES string of the molecule is [N-]=[N+]=NCOc1ccc(C2(C(=O)N(CCCc3cccc(F)c3)Cc3nc(C(=O)NS(=O)(=O)N(CN=[N+]=[N-])CN=[N+]=[N-])c(CN=[N+]=[N-])s3)CC2)nc1. The van der Waals surface area contributed by atoms with E-state index in [1.165, 1.54) is 23.2 Å². The zero-order valence-corrected chi connectivity index (χ0v) is 28.6. The second-order valence-electron chi connectivity index (χ2n) is 10.8. The van der Waals surface area contributed by atoms with E-state index >= 15 is 0 Å². The summed E-state index contributed by atoms with van der Waals surface area (Å²) in [6.07, 6.45) is 3.21. The van der Waals surface area contributed by atoms with Crippen LogP contribution in [0.5, 0.6) is 5.75 Å². The van der Waals surface area contributed by atoms with Crippen molar-refractivity contribution in [1.29, 1.82) is 0 Å². The average Bonchev–Trinajstić information content (AvgIpc) is 3.84. The van der Waals surface area contributed by atoms with E-state index in [9.17, 15) is 22.4 Å². The number of hydrogen-bond acceptors (Lipinski definition) is 12. The van der Waals surface area contributed by atoms with Gasteiger partial charge < -0.3 is 9.64 Å². The van der Waals surface area contributed by atoms with E-state index in [0.717, 1.165) is 11.3 Å². The molecule has 1 fully saturated rings. The van der Waals surface area contributed by atoms with Gasteiger partial charge in [0.15, 0.2) is 6.73 Å². The van der Waals surface area contributed by atoms with Crippen molar-refractivity contribution in [3.05, 3.63) is 117 Å². The van der Waals surface area contributed by atoms with Gasteiger partial charge in [0, 0.05) is 31.1 Å². The Balaban J connectivity index is 1.62. The summed E-state index contributed by atoms with van der Waals surface area (Å²) >= 11 is 0.917. The number of pyridine rings is 1. The standard InChI is InChI=1S/C27H28FN17O5S2/c28-19-5-1-3-18(11-19)4-2-10-44(26(47)27(8-9-27)22-7-6-20(12-33-22)50-17-37-43-32)14-23-38-24(21(51-23)13-34-40-29)25(46)39-52(48,49)45(15-35-41-30)16-36-42-31/h1,3,5-7,11-12H,2,4,8-10,13-17H2,(H,39,46). The summed E-state index contributed by atoms with van der Waals surface area (Å²) in [7, 11) is -4.73. The lowest BCUT2D eigenvalue weighted by molar-refractivity contribution is -0.134. The lowest BCUT2D eigenvalue weighted by atomic mass is 9.99. The first-order chi connectivity index (χ1) is 25.1. The number of aromatic nitrogens is 2. The Morgan fingerprint density at radius 3 is 2.35 bits per heavy atom. The van der Waals surface area contributed by atoms with Crippen molar-refractivity contribution in [3.8, 4) is 5.75 Å². The molecule has 2 heterocycles. The van der Waals surface area contributed by atoms with Gasteiger partial charge in [-0.1, -0.05) is 32.6 Å². The van der Waals surface area contributed by atoms with Gasteiger partial charge in [-0.05, 0) is 77.6 Å². The van der Waals surface area contributed by atoms with Crippen molar-refractivity contribution in [1.82, 2.24) is 23.9 Å². The fourth-order valence-electron chi connectivity index (χ4n) is 4.94. The van der Waals surface area contributed by atoms with E-state index in [2.05, 4.69) is 50.1 Å². The molecule has 0 radical (unpaired) electrons. The Hall–Kier alpha value is -6.18. The molecule has 1 aliphatic rings. The highest BCUT2D eigenvalue weighted by atomic mass is 32.2. The number of thiazole rings is 1. The van der Waals surface area contributed by atoms with Crippen LogP contribution in [0.4, 0.5) is 4.39 Å². The summed E-state index contributed by atoms with van der Waals surface area (Å²) in [6, 6.07) is 9.29. The van der Waals surface area contributed by atoms with E-state index in [4.69, 9.17) is 26.9 Å². The van der Waals surface area contributed by atoms with Crippen LogP contribution in [0, 0.1) is 5.82 Å². The van der Waals surface area contributed by atoms with E-state index < -0.39 is 46.4 Å². The predicted molar refractivity (Wildman–Crippen MR) is 181 cm³/mol. The summed E-state index contributed by atoms with van der Waals surface area (Å²) in [5.74, 6) is -1.60. The monoisotopic (exact) mass is 753 g/mol. The van der Waals surface area contributed by atoms with Crippen LogP contribution >= 0.6 is 11.3 Å². The topological polar surface area (TPSA) is 317 Å². The normalized spacial score (nSPS) is 12.7. The van der Waals surface area contributed by atoms with Crippen LogP contribution in [0.1, 0.15) is 50.9 Å². The maximum Gasteiger partial charge on any atom is 0.304 e. The molecule has 2 amide bonds. The molecule has 52 heavy (non-hydrogen) atoms. The first kappa shape index (κ1) is 38.6. The van der Waals surface area contributed by atoms with Gasteiger partial charge in [0.25, 0.3) is 5.91 Å². The number of carbonyl (C=O) groups is 2. The molecule has 0 atom stereocenters. The number of nitrogens with zero attached hydrogens (tertiary/aromatic N) is 16. The molecular weight excluding hydrogens is 726 g/mol. The molecule has 0 saturated heterocycles. The maximum atomic E-state index is 14.3. The number of nitrogens with one attached hydrogen (secondary N) is 1. The summed E-state index contributed by atoms with van der Waals surface area (Å²) in [5.41, 5.74) is 34.5. The van der Waals surface area contributed by atoms with Crippen LogP contribution in [-0.4, -0.2) is 66.0 Å². The van der Waals surface area contributed by atoms with Gasteiger partial charge in [0.2, 0.25) is 5.91 Å². The van der Waals surface area contributed by atoms with E-state index in [1.54, 1.807) is 29.0 Å². The Labute approximate surface area is 297 Å². The average molecular weight is 754 g/mol. The zero-order valence-electron chi connectivity index (χ0n) is 27.0. The second-order valence-corrected chi connectivity index (χ2v) is 13.7. The molecular formula is C27H28FN17O5S2. The quantitative estimate of drug-likeness (QED) is 0.0858. The number of amides is 2. The van der Waals surface area contributed by atoms with Crippen molar-refractivity contribution in [2.24, 2.45) is 20.5 Å². The first-order valence-corrected chi connectivity index (χ1v) is 17.3. The molecule has 2 aromatic heterocycles. The molecule has 0 aliphatic heterocycles. The minimum Gasteiger partial charge on any atom is -0.486 e. The summed E-state index contributed by atoms with van der Waals surface area (Å²) < 4.78 is 47.2. The van der Waals surface area contributed by atoms with Gasteiger partial charge in [-0.25, -0.2) is 14.1 Å². The van der Waals surface area contributed by atoms with Crippen LogP contribution < -0.4 is 9.46 Å². The minimum absolute atomic E-state index is 0.0865. The fraction of sp³-hybridized carbons (Fsp3) is 0.407. The molecule has 1 N–H and O–H groups in total. The molecule has 1 aromatic carbocycles. The van der Waals surface area contributed by atoms with Crippen LogP contribution in [0.25, 0.3) is 41.8 Å². The highest BCUT2D eigenvalue weighted by Gasteiger charge is 2.54. The largest absolute Gasteiger partial charge is 0.486 e. The number of rotatable bonds is 20. The van der Waals surface area contributed by atoms with Crippen LogP contribution in [-0.2, 0) is 39.9 Å². The Bertz CT molecular complexity index is 2060. The highest BCUT2D eigenvalue weighted by Crippen LogP contribution is 2.49. The second kappa shape index (κ2) is 18.2. The van der Waals surface area contributed by atoms with Gasteiger partial charge in [0.05, 0.1) is 43.7 Å². The molecule has 4 rings (SSSR count). The third kappa shape index (κ3) is 10.2. The van der Waals surface area contributed by atoms with Crippen LogP contribution in [0.15, 0.2) is 63.1 Å². The summed E-state index contributed by atoms with van der Waals surface area (Å²) in [5, 5.41) is 13.3. The number of hydrogen-bond donors (Lipinski definition) is 1. The van der Waals surface area contributed by atoms with Crippen LogP contribution in [0.3, 0.4) is 0 Å². The van der Waals surface area contributed by atoms with Gasteiger partial charge in [-0.3, -0.25) is 14.6 Å². The number of azide groups is 4. The first-order valence-electron chi connectivity index (χ1n) is 15.0. The zero-order chi connectivity index (χ0) is 37.6. The lowest BCUT2D eigenvalue weighted by Gasteiger charge is -2.27. The molecule has 3 aromatic rings. The van der Waals surface area contributed by atoms with Gasteiger partial charge in [-0.2, -0.15) is 12.7 Å². The van der Waals surface area contributed by atoms with Crippen molar-refractivity contribution in [3.63, 3.8) is 0 Å². The van der Waals surface area contributed by atoms with Crippen molar-refractivity contribution < 1.29 is 27.1 Å². The lowest BCUT2D eigenvalue weighted by Crippen LogP contribution is -2.44. The Kier molecular flexibility index (Phi) is 13.5. The third-order valence-electron chi connectivity index (χ3n) is 7.50. The smallest absolute Gasteiger partial charge is 0.304 e. The van der Waals surface area contributed by atoms with Gasteiger partial charge in [0.1, 0.15) is 22.3 Å². The van der Waals surface area contributed by atoms with Crippen LogP contribution in [0.2, 0.25) is 0 Å². The number of halogens is 1. The van der Waals surface area contributed by atoms with Crippen molar-refractivity contribution in [2.45, 2.75) is 44.2 Å². The maximum absolute atomic E-state index is 14.3. The predicted octanol–water partition coefficient (Wildman–Crippen LogP) is 5.64. The molecule has 22 nitrogen and oxygen atoms in total. The molecule has 0 spiro atoms. The third-order valence-corrected chi connectivity index (χ3v) is 9.88. The van der Waals surface area contributed by atoms with E-state index in [0.29, 0.717) is 47.0 Å². The fourth-order valence-corrected chi connectivity index (χ4v) is 6.81. The van der Waals surface area contributed by atoms with Crippen molar-refractivity contribution in [2.75, 3.05) is 26.6 Å². The van der Waals surface area contributed by atoms with Gasteiger partial charge in [-0.15, -0.1) is 11.3 Å². The molecule has 0 unspecified atom stereocenters. The molecule has 25 heteroatoms. The van der Waals surface area contributed by atoms with E-state index in [1.807, 2.05) is 0 Å². The number of ether oxygens (including phenoxy) is 1. The molecule has 1 saturated carbocycles. The summed E-state index contributed by atoms with van der Waals surface area (Å²) in [6.45, 7) is -2.19. The number of aryl methyl sites for hydroxylation is 1. The van der Waals surface area contributed by atoms with E-state index in [-0.39, 0.29) is 42.2 Å². The Morgan fingerprint density at radius 1 is 1.02 bits per heavy atom.